The van der Waals surface area contributed by atoms with E-state index in [1.807, 2.05) is 0 Å². The van der Waals surface area contributed by atoms with Crippen LogP contribution in [0.3, 0.4) is 0 Å². The second kappa shape index (κ2) is 9.64. The van der Waals surface area contributed by atoms with Gasteiger partial charge < -0.3 is 20.7 Å². The number of halogens is 2. The third-order valence-electron chi connectivity index (χ3n) is 5.71. The molecule has 0 aliphatic carbocycles. The number of carbonyl (C=O) groups excluding carboxylic acids is 3. The molecule has 4 aromatic rings. The van der Waals surface area contributed by atoms with Crippen molar-refractivity contribution in [2.45, 2.75) is 20.0 Å². The number of hydrogen-bond acceptors (Lipinski definition) is 6. The molecule has 0 atom stereocenters. The minimum atomic E-state index is -0.810. The van der Waals surface area contributed by atoms with Crippen molar-refractivity contribution >= 4 is 29.1 Å². The maximum absolute atomic E-state index is 14.3. The fraction of sp³-hybridized carbons (Fsp3) is 0.160. The van der Waals surface area contributed by atoms with Crippen LogP contribution in [0, 0.1) is 18.6 Å². The number of fused-ring (bicyclic) bond motifs is 2. The Kier molecular flexibility index (Phi) is 6.22. The first-order valence-electron chi connectivity index (χ1n) is 11.2. The van der Waals surface area contributed by atoms with Gasteiger partial charge in [0.05, 0.1) is 11.9 Å². The van der Waals surface area contributed by atoms with Gasteiger partial charge in [0.15, 0.2) is 18.1 Å². The van der Waals surface area contributed by atoms with E-state index in [-0.39, 0.29) is 42.6 Å². The molecule has 3 amide bonds. The molecule has 12 heteroatoms. The summed E-state index contributed by atoms with van der Waals surface area (Å²) in [4.78, 5) is 41.3. The van der Waals surface area contributed by atoms with Crippen LogP contribution >= 0.6 is 0 Å². The summed E-state index contributed by atoms with van der Waals surface area (Å²) >= 11 is 0. The van der Waals surface area contributed by atoms with Gasteiger partial charge in [-0.1, -0.05) is 18.2 Å². The van der Waals surface area contributed by atoms with Gasteiger partial charge in [-0.25, -0.2) is 18.3 Å². The number of anilines is 1. The van der Waals surface area contributed by atoms with Crippen molar-refractivity contribution < 1.29 is 27.9 Å². The Morgan fingerprint density at radius 3 is 2.54 bits per heavy atom. The van der Waals surface area contributed by atoms with E-state index >= 15 is 0 Å². The van der Waals surface area contributed by atoms with Gasteiger partial charge in [-0.05, 0) is 41.8 Å². The topological polar surface area (TPSA) is 127 Å². The van der Waals surface area contributed by atoms with Crippen LogP contribution in [0.4, 0.5) is 14.5 Å². The molecular weight excluding hydrogens is 486 g/mol. The Labute approximate surface area is 208 Å². The third kappa shape index (κ3) is 4.94. The number of amides is 3. The number of hydrogen-bond donors (Lipinski definition) is 3. The Bertz CT molecular complexity index is 1570. The number of aryl methyl sites for hydroxylation is 1. The van der Waals surface area contributed by atoms with Crippen LogP contribution in [-0.2, 0) is 17.9 Å². The molecule has 0 radical (unpaired) electrons. The van der Waals surface area contributed by atoms with E-state index in [4.69, 9.17) is 4.74 Å². The van der Waals surface area contributed by atoms with Crippen molar-refractivity contribution in [3.63, 3.8) is 0 Å². The van der Waals surface area contributed by atoms with E-state index in [9.17, 15) is 23.2 Å². The van der Waals surface area contributed by atoms with Crippen LogP contribution < -0.4 is 20.7 Å². The van der Waals surface area contributed by atoms with Crippen molar-refractivity contribution in [1.29, 1.82) is 0 Å². The van der Waals surface area contributed by atoms with Crippen LogP contribution in [0.1, 0.15) is 37.7 Å². The zero-order chi connectivity index (χ0) is 26.1. The lowest BCUT2D eigenvalue weighted by atomic mass is 10.1. The Morgan fingerprint density at radius 2 is 1.76 bits per heavy atom. The average molecular weight is 506 g/mol. The smallest absolute Gasteiger partial charge is 0.270 e. The van der Waals surface area contributed by atoms with Crippen molar-refractivity contribution in [3.8, 4) is 5.75 Å². The molecule has 5 rings (SSSR count). The van der Waals surface area contributed by atoms with E-state index in [1.54, 1.807) is 37.3 Å². The lowest BCUT2D eigenvalue weighted by molar-refractivity contribution is -0.118. The molecule has 1 aliphatic heterocycles. The fourth-order valence-corrected chi connectivity index (χ4v) is 3.75. The molecule has 2 aromatic heterocycles. The minimum absolute atomic E-state index is 0.00368. The van der Waals surface area contributed by atoms with Gasteiger partial charge in [0.25, 0.3) is 17.7 Å². The van der Waals surface area contributed by atoms with Crippen LogP contribution in [0.25, 0.3) is 5.65 Å². The molecule has 0 saturated heterocycles. The summed E-state index contributed by atoms with van der Waals surface area (Å²) in [5, 5.41) is 11.8. The highest BCUT2D eigenvalue weighted by molar-refractivity contribution is 5.98. The van der Waals surface area contributed by atoms with Gasteiger partial charge in [-0.2, -0.15) is 5.10 Å². The molecule has 37 heavy (non-hydrogen) atoms. The Balaban J connectivity index is 1.34. The summed E-state index contributed by atoms with van der Waals surface area (Å²) in [6, 6.07) is 10.8. The molecule has 1 aliphatic rings. The molecule has 3 heterocycles. The van der Waals surface area contributed by atoms with Gasteiger partial charge in [0.1, 0.15) is 23.0 Å². The predicted molar refractivity (Wildman–Crippen MR) is 127 cm³/mol. The summed E-state index contributed by atoms with van der Waals surface area (Å²) in [5.41, 5.74) is 1.52. The summed E-state index contributed by atoms with van der Waals surface area (Å²) < 4.78 is 34.4. The lowest BCUT2D eigenvalue weighted by Gasteiger charge is -2.18. The predicted octanol–water partition coefficient (Wildman–Crippen LogP) is 2.51. The van der Waals surface area contributed by atoms with Gasteiger partial charge in [0, 0.05) is 19.2 Å². The quantitative estimate of drug-likeness (QED) is 0.369. The van der Waals surface area contributed by atoms with Crippen LogP contribution in [0.15, 0.2) is 48.7 Å². The molecule has 0 unspecified atom stereocenters. The summed E-state index contributed by atoms with van der Waals surface area (Å²) in [5.74, 6) is -2.30. The highest BCUT2D eigenvalue weighted by atomic mass is 19.1. The van der Waals surface area contributed by atoms with E-state index < -0.39 is 23.4 Å². The number of rotatable bonds is 6. The van der Waals surface area contributed by atoms with Gasteiger partial charge in [0.2, 0.25) is 0 Å². The second-order valence-corrected chi connectivity index (χ2v) is 8.37. The standard InChI is InChI=1S/C25H20F2N6O4/c1-13-2-3-14(6-16(13)26)9-29-25(36)20-8-19(32-23-17(27)11-30-33(20)23)24(35)28-10-15-4-5-21-18(7-15)31-22(34)12-37-21/h2-8,11H,9-10,12H2,1H3,(H,28,35)(H,29,36)(H,31,34). The van der Waals surface area contributed by atoms with Crippen LogP contribution in [0.2, 0.25) is 0 Å². The minimum Gasteiger partial charge on any atom is -0.482 e. The zero-order valence-electron chi connectivity index (χ0n) is 19.5. The van der Waals surface area contributed by atoms with E-state index in [0.717, 1.165) is 10.7 Å². The highest BCUT2D eigenvalue weighted by Crippen LogP contribution is 2.28. The van der Waals surface area contributed by atoms with Crippen LogP contribution in [-0.4, -0.2) is 38.9 Å². The Morgan fingerprint density at radius 1 is 1.03 bits per heavy atom. The molecule has 3 N–H and O–H groups in total. The monoisotopic (exact) mass is 506 g/mol. The third-order valence-corrected chi connectivity index (χ3v) is 5.71. The highest BCUT2D eigenvalue weighted by Gasteiger charge is 2.21. The summed E-state index contributed by atoms with van der Waals surface area (Å²) in [7, 11) is 0. The average Bonchev–Trinajstić information content (AvgIpc) is 3.27. The van der Waals surface area contributed by atoms with E-state index in [2.05, 4.69) is 26.0 Å². The number of carbonyl (C=O) groups is 3. The summed E-state index contributed by atoms with van der Waals surface area (Å²) in [6.07, 6.45) is 0.889. The molecule has 0 fully saturated rings. The van der Waals surface area contributed by atoms with E-state index in [1.165, 1.54) is 12.1 Å². The zero-order valence-corrected chi connectivity index (χ0v) is 19.5. The van der Waals surface area contributed by atoms with Crippen LogP contribution in [0.5, 0.6) is 5.75 Å². The largest absolute Gasteiger partial charge is 0.482 e. The molecule has 10 nitrogen and oxygen atoms in total. The van der Waals surface area contributed by atoms with E-state index in [0.29, 0.717) is 28.1 Å². The van der Waals surface area contributed by atoms with Crippen molar-refractivity contribution in [1.82, 2.24) is 25.2 Å². The van der Waals surface area contributed by atoms with Crippen molar-refractivity contribution in [2.24, 2.45) is 0 Å². The number of benzene rings is 2. The maximum atomic E-state index is 14.3. The molecule has 2 aromatic carbocycles. The van der Waals surface area contributed by atoms with Crippen molar-refractivity contribution in [2.75, 3.05) is 11.9 Å². The van der Waals surface area contributed by atoms with Gasteiger partial charge >= 0.3 is 0 Å². The van der Waals surface area contributed by atoms with Gasteiger partial charge in [-0.3, -0.25) is 14.4 Å². The maximum Gasteiger partial charge on any atom is 0.270 e. The summed E-state index contributed by atoms with van der Waals surface area (Å²) in [6.45, 7) is 1.63. The SMILES string of the molecule is Cc1ccc(CNC(=O)c2cc(C(=O)NCc3ccc4c(c3)NC(=O)CO4)nc3c(F)cnn23)cc1F. The molecule has 188 valence electrons. The first-order chi connectivity index (χ1) is 17.8. The molecule has 0 saturated carbocycles. The lowest BCUT2D eigenvalue weighted by Crippen LogP contribution is -2.29. The molecular formula is C25H20F2N6O4. The number of nitrogens with one attached hydrogen (secondary N) is 3. The fourth-order valence-electron chi connectivity index (χ4n) is 3.75. The molecule has 0 spiro atoms. The molecule has 0 bridgehead atoms. The number of nitrogens with zero attached hydrogens (tertiary/aromatic N) is 3. The number of ether oxygens (including phenoxy) is 1. The number of aromatic nitrogens is 3. The first-order valence-corrected chi connectivity index (χ1v) is 11.2. The normalized spacial score (nSPS) is 12.5. The van der Waals surface area contributed by atoms with Crippen molar-refractivity contribution in [3.05, 3.63) is 88.4 Å². The first kappa shape index (κ1) is 23.9. The second-order valence-electron chi connectivity index (χ2n) is 8.37. The van der Waals surface area contributed by atoms with Gasteiger partial charge in [-0.15, -0.1) is 0 Å². The Hall–Kier alpha value is -4.87.